The first-order valence-electron chi connectivity index (χ1n) is 10.3. The van der Waals surface area contributed by atoms with Crippen molar-refractivity contribution in [1.29, 1.82) is 5.41 Å². The third-order valence-corrected chi connectivity index (χ3v) is 7.40. The summed E-state index contributed by atoms with van der Waals surface area (Å²) < 4.78 is 43.0. The van der Waals surface area contributed by atoms with Gasteiger partial charge in [0.2, 0.25) is 0 Å². The van der Waals surface area contributed by atoms with E-state index in [1.54, 1.807) is 47.4 Å². The summed E-state index contributed by atoms with van der Waals surface area (Å²) >= 11 is 1.26. The van der Waals surface area contributed by atoms with E-state index in [1.165, 1.54) is 17.8 Å². The summed E-state index contributed by atoms with van der Waals surface area (Å²) in [5.41, 5.74) is 1.75. The molecular formula is C24H29F2IN2O2SSi. The van der Waals surface area contributed by atoms with E-state index in [9.17, 15) is 4.39 Å². The van der Waals surface area contributed by atoms with E-state index in [1.807, 2.05) is 0 Å². The van der Waals surface area contributed by atoms with Gasteiger partial charge in [-0.25, -0.2) is 8.78 Å². The smallest absolute Gasteiger partial charge is 0.199 e. The third kappa shape index (κ3) is 6.68. The summed E-state index contributed by atoms with van der Waals surface area (Å²) in [6, 6.07) is 8.79. The average molecular weight is 603 g/mol. The molecule has 9 heteroatoms. The summed E-state index contributed by atoms with van der Waals surface area (Å²) in [6.45, 7) is 11.4. The standard InChI is InChI=1S/C24H28F2N2O2SSi.HI/c1-6-16-7-8-17(13-19(16)24(27)31-2)30-23-20(25)14-21-18(22(23)26)9-10-28(21)15-29-11-12-32(3,4)5;/h6-10,13-14,27H,1,11-12,15H2,2-5H3;1H. The first kappa shape index (κ1) is 27.6. The molecule has 0 aliphatic rings. The van der Waals surface area contributed by atoms with Crippen molar-refractivity contribution in [2.45, 2.75) is 32.4 Å². The van der Waals surface area contributed by atoms with Gasteiger partial charge in [0.05, 0.1) is 10.6 Å². The molecular weight excluding hydrogens is 573 g/mol. The van der Waals surface area contributed by atoms with E-state index >= 15 is 4.39 Å². The van der Waals surface area contributed by atoms with Crippen LogP contribution in [-0.2, 0) is 11.5 Å². The monoisotopic (exact) mass is 602 g/mol. The quantitative estimate of drug-likeness (QED) is 0.0889. The largest absolute Gasteiger partial charge is 0.451 e. The van der Waals surface area contributed by atoms with E-state index in [0.29, 0.717) is 22.7 Å². The highest BCUT2D eigenvalue weighted by molar-refractivity contribution is 14.0. The van der Waals surface area contributed by atoms with Crippen molar-refractivity contribution in [1.82, 2.24) is 4.57 Å². The van der Waals surface area contributed by atoms with Crippen molar-refractivity contribution >= 4 is 65.8 Å². The Morgan fingerprint density at radius 3 is 2.58 bits per heavy atom. The van der Waals surface area contributed by atoms with E-state index in [0.717, 1.165) is 11.6 Å². The molecule has 0 unspecified atom stereocenters. The van der Waals surface area contributed by atoms with Gasteiger partial charge in [-0.05, 0) is 36.1 Å². The predicted octanol–water partition coefficient (Wildman–Crippen LogP) is 7.97. The molecule has 2 aromatic carbocycles. The van der Waals surface area contributed by atoms with Crippen LogP contribution in [0.2, 0.25) is 25.7 Å². The molecule has 0 aliphatic carbocycles. The van der Waals surface area contributed by atoms with E-state index in [4.69, 9.17) is 14.9 Å². The number of nitrogens with one attached hydrogen (secondary N) is 1. The second kappa shape index (κ2) is 11.6. The maximum Gasteiger partial charge on any atom is 0.199 e. The van der Waals surface area contributed by atoms with E-state index in [-0.39, 0.29) is 41.8 Å². The van der Waals surface area contributed by atoms with Crippen LogP contribution in [0.4, 0.5) is 8.78 Å². The first-order valence-corrected chi connectivity index (χ1v) is 15.2. The minimum atomic E-state index is -1.21. The lowest BCUT2D eigenvalue weighted by atomic mass is 10.1. The third-order valence-electron chi connectivity index (χ3n) is 5.06. The van der Waals surface area contributed by atoms with Crippen LogP contribution in [0.3, 0.4) is 0 Å². The van der Waals surface area contributed by atoms with Gasteiger partial charge in [-0.3, -0.25) is 5.41 Å². The summed E-state index contributed by atoms with van der Waals surface area (Å²) in [5.74, 6) is -1.79. The molecule has 1 heterocycles. The highest BCUT2D eigenvalue weighted by atomic mass is 127. The molecule has 3 aromatic rings. The van der Waals surface area contributed by atoms with Gasteiger partial charge in [-0.2, -0.15) is 0 Å². The van der Waals surface area contributed by atoms with Crippen molar-refractivity contribution in [3.05, 3.63) is 65.9 Å². The molecule has 0 spiro atoms. The van der Waals surface area contributed by atoms with Gasteiger partial charge in [-0.1, -0.05) is 38.4 Å². The van der Waals surface area contributed by atoms with Gasteiger partial charge in [0.15, 0.2) is 17.4 Å². The van der Waals surface area contributed by atoms with Gasteiger partial charge >= 0.3 is 0 Å². The molecule has 3 rings (SSSR count). The summed E-state index contributed by atoms with van der Waals surface area (Å²) in [6.07, 6.45) is 5.10. The minimum absolute atomic E-state index is 0. The Kier molecular flexibility index (Phi) is 9.71. The van der Waals surface area contributed by atoms with Gasteiger partial charge in [0.25, 0.3) is 0 Å². The van der Waals surface area contributed by atoms with Crippen molar-refractivity contribution in [3.63, 3.8) is 0 Å². The van der Waals surface area contributed by atoms with Gasteiger partial charge in [0, 0.05) is 37.9 Å². The Hall–Kier alpha value is -1.69. The molecule has 0 radical (unpaired) electrons. The summed E-state index contributed by atoms with van der Waals surface area (Å²) in [4.78, 5) is 0. The van der Waals surface area contributed by atoms with Crippen molar-refractivity contribution in [2.24, 2.45) is 0 Å². The van der Waals surface area contributed by atoms with Crippen LogP contribution in [0.5, 0.6) is 11.5 Å². The average Bonchev–Trinajstić information content (AvgIpc) is 3.15. The van der Waals surface area contributed by atoms with Crippen molar-refractivity contribution in [3.8, 4) is 11.5 Å². The number of hydrogen-bond donors (Lipinski definition) is 1. The second-order valence-corrected chi connectivity index (χ2v) is 15.1. The van der Waals surface area contributed by atoms with Crippen LogP contribution in [0.25, 0.3) is 17.0 Å². The molecule has 0 amide bonds. The Morgan fingerprint density at radius 1 is 1.21 bits per heavy atom. The minimum Gasteiger partial charge on any atom is -0.451 e. The number of ether oxygens (including phenoxy) is 2. The van der Waals surface area contributed by atoms with Crippen LogP contribution in [0, 0.1) is 17.0 Å². The number of thioether (sulfide) groups is 1. The van der Waals surface area contributed by atoms with E-state index in [2.05, 4.69) is 26.2 Å². The fourth-order valence-electron chi connectivity index (χ4n) is 3.19. The lowest BCUT2D eigenvalue weighted by Gasteiger charge is -2.16. The van der Waals surface area contributed by atoms with Crippen molar-refractivity contribution < 1.29 is 18.3 Å². The topological polar surface area (TPSA) is 47.2 Å². The zero-order valence-corrected chi connectivity index (χ0v) is 23.4. The lowest BCUT2D eigenvalue weighted by Crippen LogP contribution is -2.21. The first-order chi connectivity index (χ1) is 15.1. The fourth-order valence-corrected chi connectivity index (χ4v) is 4.35. The molecule has 178 valence electrons. The molecule has 1 aromatic heterocycles. The van der Waals surface area contributed by atoms with Gasteiger partial charge < -0.3 is 14.0 Å². The summed E-state index contributed by atoms with van der Waals surface area (Å²) in [7, 11) is -1.21. The predicted molar refractivity (Wildman–Crippen MR) is 148 cm³/mol. The van der Waals surface area contributed by atoms with Crippen LogP contribution < -0.4 is 4.74 Å². The molecule has 0 bridgehead atoms. The zero-order chi connectivity index (χ0) is 23.5. The number of hydrogen-bond acceptors (Lipinski definition) is 4. The zero-order valence-electron chi connectivity index (χ0n) is 19.2. The van der Waals surface area contributed by atoms with Crippen molar-refractivity contribution in [2.75, 3.05) is 12.9 Å². The Balaban J connectivity index is 0.00000385. The van der Waals surface area contributed by atoms with Crippen LogP contribution in [0.15, 0.2) is 43.1 Å². The van der Waals surface area contributed by atoms with Gasteiger partial charge in [-0.15, -0.1) is 35.7 Å². The number of rotatable bonds is 9. The molecule has 1 N–H and O–H groups in total. The highest BCUT2D eigenvalue weighted by Crippen LogP contribution is 2.35. The van der Waals surface area contributed by atoms with Gasteiger partial charge in [0.1, 0.15) is 12.5 Å². The number of aromatic nitrogens is 1. The SMILES string of the molecule is C=Cc1ccc(Oc2c(F)cc3c(ccn3COCC[Si](C)(C)C)c2F)cc1C(=N)SC.I. The second-order valence-electron chi connectivity index (χ2n) is 8.66. The molecule has 0 saturated carbocycles. The van der Waals surface area contributed by atoms with Crippen LogP contribution in [0.1, 0.15) is 11.1 Å². The highest BCUT2D eigenvalue weighted by Gasteiger charge is 2.19. The number of fused-ring (bicyclic) bond motifs is 1. The normalized spacial score (nSPS) is 11.3. The molecule has 0 atom stereocenters. The number of benzene rings is 2. The Morgan fingerprint density at radius 2 is 1.94 bits per heavy atom. The summed E-state index contributed by atoms with van der Waals surface area (Å²) in [5, 5.41) is 8.67. The maximum atomic E-state index is 15.2. The molecule has 0 fully saturated rings. The van der Waals surface area contributed by atoms with Crippen LogP contribution >= 0.6 is 35.7 Å². The Bertz CT molecular complexity index is 1160. The Labute approximate surface area is 215 Å². The van der Waals surface area contributed by atoms with E-state index < -0.39 is 25.5 Å². The molecule has 0 aliphatic heterocycles. The fraction of sp³-hybridized carbons (Fsp3) is 0.292. The number of halogens is 3. The number of nitrogens with zero attached hydrogens (tertiary/aromatic N) is 1. The van der Waals surface area contributed by atoms with Crippen LogP contribution in [-0.4, -0.2) is 30.5 Å². The molecule has 0 saturated heterocycles. The molecule has 4 nitrogen and oxygen atoms in total. The molecule has 33 heavy (non-hydrogen) atoms. The maximum absolute atomic E-state index is 15.2. The lowest BCUT2D eigenvalue weighted by molar-refractivity contribution is 0.0902.